The summed E-state index contributed by atoms with van der Waals surface area (Å²) >= 11 is 0. The van der Waals surface area contributed by atoms with E-state index in [0.717, 1.165) is 16.7 Å². The Kier molecular flexibility index (Phi) is 8.43. The number of amides is 2. The van der Waals surface area contributed by atoms with Gasteiger partial charge < -0.3 is 25.2 Å². The molecule has 8 nitrogen and oxygen atoms in total. The molecule has 0 spiro atoms. The molecule has 0 aliphatic heterocycles. The molecule has 0 saturated carbocycles. The number of aliphatic carboxylic acids is 1. The maximum Gasteiger partial charge on any atom is 0.408 e. The molecule has 8 heteroatoms. The van der Waals surface area contributed by atoms with E-state index >= 15 is 0 Å². The van der Waals surface area contributed by atoms with Gasteiger partial charge in [0.2, 0.25) is 0 Å². The number of carboxylic acids is 1. The summed E-state index contributed by atoms with van der Waals surface area (Å²) in [6.07, 6.45) is -1.21. The normalized spacial score (nSPS) is 11.8. The molecule has 0 aliphatic rings. The van der Waals surface area contributed by atoms with Crippen LogP contribution in [0.15, 0.2) is 54.6 Å². The Balaban J connectivity index is 1.82. The van der Waals surface area contributed by atoms with Gasteiger partial charge in [-0.15, -0.1) is 0 Å². The number of carboxylic acid groups (broad SMARTS) is 1. The summed E-state index contributed by atoms with van der Waals surface area (Å²) < 4.78 is 10.3. The van der Waals surface area contributed by atoms with Gasteiger partial charge in [-0.2, -0.15) is 0 Å². The minimum absolute atomic E-state index is 0.0986. The van der Waals surface area contributed by atoms with Crippen molar-refractivity contribution in [3.8, 4) is 0 Å². The van der Waals surface area contributed by atoms with E-state index in [1.54, 1.807) is 45.0 Å². The number of carbonyl (C=O) groups is 3. The zero-order valence-corrected chi connectivity index (χ0v) is 17.9. The second kappa shape index (κ2) is 11.0. The highest BCUT2D eigenvalue weighted by atomic mass is 16.6. The smallest absolute Gasteiger partial charge is 0.408 e. The van der Waals surface area contributed by atoms with E-state index in [0.29, 0.717) is 0 Å². The van der Waals surface area contributed by atoms with Gasteiger partial charge in [0.15, 0.2) is 0 Å². The first-order valence-corrected chi connectivity index (χ1v) is 9.87. The van der Waals surface area contributed by atoms with Crippen molar-refractivity contribution in [2.75, 3.05) is 0 Å². The van der Waals surface area contributed by atoms with E-state index in [2.05, 4.69) is 10.6 Å². The van der Waals surface area contributed by atoms with Crippen LogP contribution >= 0.6 is 0 Å². The first-order chi connectivity index (χ1) is 14.6. The maximum atomic E-state index is 11.9. The summed E-state index contributed by atoms with van der Waals surface area (Å²) in [5.41, 5.74) is 1.73. The number of nitrogens with one attached hydrogen (secondary N) is 2. The number of alkyl carbamates (subject to hydrolysis) is 2. The van der Waals surface area contributed by atoms with Crippen LogP contribution in [0, 0.1) is 0 Å². The third kappa shape index (κ3) is 9.20. The zero-order chi connectivity index (χ0) is 22.9. The first-order valence-electron chi connectivity index (χ1n) is 9.87. The van der Waals surface area contributed by atoms with Crippen LogP contribution in [0.3, 0.4) is 0 Å². The first kappa shape index (κ1) is 23.7. The average Bonchev–Trinajstić information content (AvgIpc) is 2.70. The van der Waals surface area contributed by atoms with Crippen LogP contribution in [-0.4, -0.2) is 34.9 Å². The Labute approximate surface area is 181 Å². The molecule has 0 radical (unpaired) electrons. The number of ether oxygens (including phenoxy) is 2. The van der Waals surface area contributed by atoms with E-state index < -0.39 is 29.8 Å². The molecule has 166 valence electrons. The molecule has 2 amide bonds. The lowest BCUT2D eigenvalue weighted by Crippen LogP contribution is -2.44. The van der Waals surface area contributed by atoms with Gasteiger partial charge in [0, 0.05) is 13.0 Å². The van der Waals surface area contributed by atoms with Crippen molar-refractivity contribution in [2.24, 2.45) is 0 Å². The Morgan fingerprint density at radius 2 is 1.52 bits per heavy atom. The molecule has 1 atom stereocenters. The SMILES string of the molecule is CC(C)(C)OC(=O)NC(Cc1ccc(CNC(=O)OCc2ccccc2)cc1)C(=O)O. The largest absolute Gasteiger partial charge is 0.480 e. The molecule has 2 aromatic rings. The van der Waals surface area contributed by atoms with Crippen LogP contribution in [0.4, 0.5) is 9.59 Å². The van der Waals surface area contributed by atoms with Gasteiger partial charge in [-0.25, -0.2) is 14.4 Å². The molecular formula is C23H28N2O6. The van der Waals surface area contributed by atoms with Crippen molar-refractivity contribution in [1.29, 1.82) is 0 Å². The van der Waals surface area contributed by atoms with E-state index in [1.807, 2.05) is 30.3 Å². The number of hydrogen-bond donors (Lipinski definition) is 3. The minimum atomic E-state index is -1.15. The van der Waals surface area contributed by atoms with Gasteiger partial charge in [-0.05, 0) is 37.5 Å². The maximum absolute atomic E-state index is 11.9. The highest BCUT2D eigenvalue weighted by Gasteiger charge is 2.24. The van der Waals surface area contributed by atoms with Gasteiger partial charge in [0.05, 0.1) is 0 Å². The van der Waals surface area contributed by atoms with Crippen LogP contribution in [0.1, 0.15) is 37.5 Å². The quantitative estimate of drug-likeness (QED) is 0.592. The van der Waals surface area contributed by atoms with Crippen LogP contribution in [0.2, 0.25) is 0 Å². The van der Waals surface area contributed by atoms with E-state index in [-0.39, 0.29) is 19.6 Å². The summed E-state index contributed by atoms with van der Waals surface area (Å²) in [7, 11) is 0. The van der Waals surface area contributed by atoms with Crippen LogP contribution < -0.4 is 10.6 Å². The topological polar surface area (TPSA) is 114 Å². The zero-order valence-electron chi connectivity index (χ0n) is 17.9. The van der Waals surface area contributed by atoms with Gasteiger partial charge in [-0.1, -0.05) is 54.6 Å². The van der Waals surface area contributed by atoms with E-state index in [1.165, 1.54) is 0 Å². The fourth-order valence-electron chi connectivity index (χ4n) is 2.63. The fraction of sp³-hybridized carbons (Fsp3) is 0.348. The van der Waals surface area contributed by atoms with Gasteiger partial charge >= 0.3 is 18.2 Å². The average molecular weight is 428 g/mol. The number of hydrogen-bond acceptors (Lipinski definition) is 5. The van der Waals surface area contributed by atoms with Crippen molar-refractivity contribution in [3.05, 3.63) is 71.3 Å². The third-order valence-corrected chi connectivity index (χ3v) is 4.10. The highest BCUT2D eigenvalue weighted by molar-refractivity contribution is 5.80. The second-order valence-corrected chi connectivity index (χ2v) is 7.97. The second-order valence-electron chi connectivity index (χ2n) is 7.97. The molecule has 0 bridgehead atoms. The Morgan fingerprint density at radius 1 is 0.903 bits per heavy atom. The summed E-state index contributed by atoms with van der Waals surface area (Å²) in [5.74, 6) is -1.15. The van der Waals surface area contributed by atoms with Gasteiger partial charge in [-0.3, -0.25) is 0 Å². The number of rotatable bonds is 8. The van der Waals surface area contributed by atoms with Crippen molar-refractivity contribution < 1.29 is 29.0 Å². The van der Waals surface area contributed by atoms with Gasteiger partial charge in [0.25, 0.3) is 0 Å². The lowest BCUT2D eigenvalue weighted by Gasteiger charge is -2.22. The molecular weight excluding hydrogens is 400 g/mol. The monoisotopic (exact) mass is 428 g/mol. The number of carbonyl (C=O) groups excluding carboxylic acids is 2. The molecule has 2 aromatic carbocycles. The molecule has 31 heavy (non-hydrogen) atoms. The lowest BCUT2D eigenvalue weighted by atomic mass is 10.0. The van der Waals surface area contributed by atoms with Crippen molar-refractivity contribution in [3.63, 3.8) is 0 Å². The van der Waals surface area contributed by atoms with Crippen LogP contribution in [0.5, 0.6) is 0 Å². The van der Waals surface area contributed by atoms with Crippen molar-refractivity contribution >= 4 is 18.2 Å². The highest BCUT2D eigenvalue weighted by Crippen LogP contribution is 2.10. The van der Waals surface area contributed by atoms with Crippen LogP contribution in [0.25, 0.3) is 0 Å². The summed E-state index contributed by atoms with van der Waals surface area (Å²) in [6.45, 7) is 5.56. The standard InChI is InChI=1S/C23H28N2O6/c1-23(2,3)31-22(29)25-19(20(26)27)13-16-9-11-17(12-10-16)14-24-21(28)30-15-18-7-5-4-6-8-18/h4-12,19H,13-15H2,1-3H3,(H,24,28)(H,25,29)(H,26,27). The predicted octanol–water partition coefficient (Wildman–Crippen LogP) is 3.63. The Bertz CT molecular complexity index is 875. The molecule has 0 fully saturated rings. The van der Waals surface area contributed by atoms with Crippen molar-refractivity contribution in [2.45, 2.75) is 52.0 Å². The number of benzene rings is 2. The van der Waals surface area contributed by atoms with E-state index in [4.69, 9.17) is 9.47 Å². The fourth-order valence-corrected chi connectivity index (χ4v) is 2.63. The lowest BCUT2D eigenvalue weighted by molar-refractivity contribution is -0.139. The molecule has 0 aliphatic carbocycles. The summed E-state index contributed by atoms with van der Waals surface area (Å²) in [4.78, 5) is 35.2. The minimum Gasteiger partial charge on any atom is -0.480 e. The van der Waals surface area contributed by atoms with Gasteiger partial charge in [0.1, 0.15) is 18.2 Å². The molecule has 2 rings (SSSR count). The summed E-state index contributed by atoms with van der Waals surface area (Å²) in [6, 6.07) is 15.3. The van der Waals surface area contributed by atoms with Crippen LogP contribution in [-0.2, 0) is 33.8 Å². The Hall–Kier alpha value is -3.55. The third-order valence-electron chi connectivity index (χ3n) is 4.10. The molecule has 3 N–H and O–H groups in total. The van der Waals surface area contributed by atoms with Crippen molar-refractivity contribution in [1.82, 2.24) is 10.6 Å². The summed E-state index contributed by atoms with van der Waals surface area (Å²) in [5, 5.41) is 14.4. The van der Waals surface area contributed by atoms with E-state index in [9.17, 15) is 19.5 Å². The molecule has 0 saturated heterocycles. The molecule has 0 heterocycles. The predicted molar refractivity (Wildman–Crippen MR) is 114 cm³/mol. The molecule has 0 aromatic heterocycles. The molecule has 1 unspecified atom stereocenters. The Morgan fingerprint density at radius 3 is 2.10 bits per heavy atom.